The number of halogens is 2. The molecular weight excluding hydrogens is 295 g/mol. The Bertz CT molecular complexity index is 627. The van der Waals surface area contributed by atoms with Crippen molar-refractivity contribution in [3.63, 3.8) is 0 Å². The van der Waals surface area contributed by atoms with Gasteiger partial charge in [-0.15, -0.1) is 0 Å². The van der Waals surface area contributed by atoms with Crippen molar-refractivity contribution in [2.75, 3.05) is 5.32 Å². The Kier molecular flexibility index (Phi) is 5.04. The van der Waals surface area contributed by atoms with E-state index in [0.29, 0.717) is 15.7 Å². The molecule has 2 aromatic carbocycles. The largest absolute Gasteiger partial charge is 0.323 e. The van der Waals surface area contributed by atoms with Gasteiger partial charge in [-0.25, -0.2) is 4.79 Å². The zero-order chi connectivity index (χ0) is 14.4. The quantitative estimate of drug-likeness (QED) is 0.841. The Morgan fingerprint density at radius 2 is 1.80 bits per heavy atom. The SMILES string of the molecule is O=C(N/C=C/c1ccccc1)Nc1cc(Cl)ccc1Cl. The first-order chi connectivity index (χ1) is 9.65. The lowest BCUT2D eigenvalue weighted by molar-refractivity contribution is 0.255. The monoisotopic (exact) mass is 306 g/mol. The molecule has 2 rings (SSSR count). The maximum Gasteiger partial charge on any atom is 0.323 e. The van der Waals surface area contributed by atoms with Crippen molar-refractivity contribution < 1.29 is 4.79 Å². The smallest absolute Gasteiger partial charge is 0.314 e. The van der Waals surface area contributed by atoms with Crippen molar-refractivity contribution in [3.8, 4) is 0 Å². The highest BCUT2D eigenvalue weighted by molar-refractivity contribution is 6.35. The molecule has 0 fully saturated rings. The van der Waals surface area contributed by atoms with Crippen molar-refractivity contribution in [1.82, 2.24) is 5.32 Å². The van der Waals surface area contributed by atoms with E-state index >= 15 is 0 Å². The van der Waals surface area contributed by atoms with Gasteiger partial charge in [-0.1, -0.05) is 53.5 Å². The van der Waals surface area contributed by atoms with E-state index in [0.717, 1.165) is 5.56 Å². The number of rotatable bonds is 3. The predicted octanol–water partition coefficient (Wildman–Crippen LogP) is 4.79. The second-order valence-electron chi connectivity index (χ2n) is 3.97. The second-order valence-corrected chi connectivity index (χ2v) is 4.81. The number of hydrogen-bond acceptors (Lipinski definition) is 1. The molecule has 0 saturated heterocycles. The van der Waals surface area contributed by atoms with Crippen molar-refractivity contribution in [3.05, 3.63) is 70.3 Å². The molecule has 0 aliphatic carbocycles. The van der Waals surface area contributed by atoms with Crippen LogP contribution in [0.2, 0.25) is 10.0 Å². The van der Waals surface area contributed by atoms with Gasteiger partial charge in [-0.3, -0.25) is 0 Å². The van der Waals surface area contributed by atoms with Crippen LogP contribution in [0.3, 0.4) is 0 Å². The molecule has 2 aromatic rings. The van der Waals surface area contributed by atoms with Crippen LogP contribution >= 0.6 is 23.2 Å². The van der Waals surface area contributed by atoms with Crippen LogP contribution in [-0.4, -0.2) is 6.03 Å². The van der Waals surface area contributed by atoms with Crippen LogP contribution in [0.1, 0.15) is 5.56 Å². The molecule has 0 heterocycles. The highest BCUT2D eigenvalue weighted by Gasteiger charge is 2.04. The number of amides is 2. The lowest BCUT2D eigenvalue weighted by Crippen LogP contribution is -2.23. The Morgan fingerprint density at radius 1 is 1.05 bits per heavy atom. The van der Waals surface area contributed by atoms with Gasteiger partial charge in [0, 0.05) is 11.2 Å². The van der Waals surface area contributed by atoms with E-state index in [-0.39, 0.29) is 6.03 Å². The Hall–Kier alpha value is -1.97. The van der Waals surface area contributed by atoms with E-state index in [1.165, 1.54) is 0 Å². The topological polar surface area (TPSA) is 41.1 Å². The van der Waals surface area contributed by atoms with E-state index in [9.17, 15) is 4.79 Å². The van der Waals surface area contributed by atoms with Crippen LogP contribution in [0, 0.1) is 0 Å². The molecular formula is C15H12Cl2N2O. The van der Waals surface area contributed by atoms with Crippen LogP contribution < -0.4 is 10.6 Å². The summed E-state index contributed by atoms with van der Waals surface area (Å²) in [4.78, 5) is 11.7. The molecule has 0 bridgehead atoms. The van der Waals surface area contributed by atoms with Gasteiger partial charge in [0.15, 0.2) is 0 Å². The summed E-state index contributed by atoms with van der Waals surface area (Å²) < 4.78 is 0. The first-order valence-corrected chi connectivity index (χ1v) is 6.65. The number of benzene rings is 2. The number of carbonyl (C=O) groups excluding carboxylic acids is 1. The van der Waals surface area contributed by atoms with Gasteiger partial charge in [0.2, 0.25) is 0 Å². The van der Waals surface area contributed by atoms with Gasteiger partial charge < -0.3 is 10.6 Å². The lowest BCUT2D eigenvalue weighted by Gasteiger charge is -2.06. The third-order valence-corrected chi connectivity index (χ3v) is 3.03. The zero-order valence-corrected chi connectivity index (χ0v) is 11.9. The fraction of sp³-hybridized carbons (Fsp3) is 0. The van der Waals surface area contributed by atoms with E-state index < -0.39 is 0 Å². The molecule has 20 heavy (non-hydrogen) atoms. The molecule has 2 amide bonds. The van der Waals surface area contributed by atoms with E-state index in [1.807, 2.05) is 30.3 Å². The minimum Gasteiger partial charge on any atom is -0.314 e. The maximum atomic E-state index is 11.7. The first-order valence-electron chi connectivity index (χ1n) is 5.89. The van der Waals surface area contributed by atoms with Gasteiger partial charge in [0.1, 0.15) is 0 Å². The molecule has 0 aliphatic rings. The Morgan fingerprint density at radius 3 is 2.55 bits per heavy atom. The van der Waals surface area contributed by atoms with Crippen molar-refractivity contribution in [2.45, 2.75) is 0 Å². The van der Waals surface area contributed by atoms with Crippen molar-refractivity contribution in [2.24, 2.45) is 0 Å². The predicted molar refractivity (Wildman–Crippen MR) is 84.1 cm³/mol. The van der Waals surface area contributed by atoms with Crippen molar-refractivity contribution in [1.29, 1.82) is 0 Å². The van der Waals surface area contributed by atoms with E-state index in [2.05, 4.69) is 10.6 Å². The molecule has 0 aliphatic heterocycles. The van der Waals surface area contributed by atoms with Crippen LogP contribution in [0.25, 0.3) is 6.08 Å². The summed E-state index contributed by atoms with van der Waals surface area (Å²) in [5.41, 5.74) is 1.46. The van der Waals surface area contributed by atoms with Gasteiger partial charge in [-0.05, 0) is 29.8 Å². The third kappa shape index (κ3) is 4.30. The van der Waals surface area contributed by atoms with Gasteiger partial charge in [0.05, 0.1) is 10.7 Å². The summed E-state index contributed by atoms with van der Waals surface area (Å²) in [6.45, 7) is 0. The summed E-state index contributed by atoms with van der Waals surface area (Å²) in [5.74, 6) is 0. The molecule has 0 atom stereocenters. The fourth-order valence-corrected chi connectivity index (χ4v) is 1.87. The fourth-order valence-electron chi connectivity index (χ4n) is 1.53. The van der Waals surface area contributed by atoms with Gasteiger partial charge in [-0.2, -0.15) is 0 Å². The summed E-state index contributed by atoms with van der Waals surface area (Å²) in [7, 11) is 0. The molecule has 0 spiro atoms. The van der Waals surface area contributed by atoms with Gasteiger partial charge >= 0.3 is 6.03 Å². The normalized spacial score (nSPS) is 10.5. The average Bonchev–Trinajstić information content (AvgIpc) is 2.44. The maximum absolute atomic E-state index is 11.7. The van der Waals surface area contributed by atoms with Gasteiger partial charge in [0.25, 0.3) is 0 Å². The van der Waals surface area contributed by atoms with Crippen LogP contribution in [0.5, 0.6) is 0 Å². The summed E-state index contributed by atoms with van der Waals surface area (Å²) in [6.07, 6.45) is 3.35. The Balaban J connectivity index is 1.93. The molecule has 2 N–H and O–H groups in total. The highest BCUT2D eigenvalue weighted by atomic mass is 35.5. The number of nitrogens with one attached hydrogen (secondary N) is 2. The molecule has 5 heteroatoms. The van der Waals surface area contributed by atoms with Crippen LogP contribution in [0.15, 0.2) is 54.7 Å². The molecule has 0 radical (unpaired) electrons. The van der Waals surface area contributed by atoms with Crippen LogP contribution in [0.4, 0.5) is 10.5 Å². The third-order valence-electron chi connectivity index (χ3n) is 2.47. The summed E-state index contributed by atoms with van der Waals surface area (Å²) in [5, 5.41) is 6.15. The number of anilines is 1. The molecule has 0 aromatic heterocycles. The summed E-state index contributed by atoms with van der Waals surface area (Å²) >= 11 is 11.8. The molecule has 3 nitrogen and oxygen atoms in total. The number of urea groups is 1. The standard InChI is InChI=1S/C15H12Cl2N2O/c16-12-6-7-13(17)14(10-12)19-15(20)18-9-8-11-4-2-1-3-5-11/h1-10H,(H2,18,19,20)/b9-8+. The number of carbonyl (C=O) groups is 1. The molecule has 0 unspecified atom stereocenters. The lowest BCUT2D eigenvalue weighted by atomic mass is 10.2. The highest BCUT2D eigenvalue weighted by Crippen LogP contribution is 2.25. The minimum atomic E-state index is -0.388. The molecule has 102 valence electrons. The number of hydrogen-bond donors (Lipinski definition) is 2. The Labute approximate surface area is 127 Å². The molecule has 0 saturated carbocycles. The van der Waals surface area contributed by atoms with Crippen LogP contribution in [-0.2, 0) is 0 Å². The zero-order valence-electron chi connectivity index (χ0n) is 10.4. The van der Waals surface area contributed by atoms with E-state index in [1.54, 1.807) is 30.5 Å². The van der Waals surface area contributed by atoms with E-state index in [4.69, 9.17) is 23.2 Å². The van der Waals surface area contributed by atoms with Crippen molar-refractivity contribution >= 4 is 41.0 Å². The average molecular weight is 307 g/mol. The minimum absolute atomic E-state index is 0.388. The first kappa shape index (κ1) is 14.4. The second kappa shape index (κ2) is 6.98. The summed E-state index contributed by atoms with van der Waals surface area (Å²) in [6, 6.07) is 14.1.